The van der Waals surface area contributed by atoms with Crippen LogP contribution in [0.1, 0.15) is 25.8 Å². The lowest BCUT2D eigenvalue weighted by molar-refractivity contribution is -0.142. The molecule has 0 saturated heterocycles. The monoisotopic (exact) mass is 500 g/mol. The van der Waals surface area contributed by atoms with E-state index < -0.39 is 6.04 Å². The number of hydrogen-bond acceptors (Lipinski definition) is 3. The summed E-state index contributed by atoms with van der Waals surface area (Å²) in [6.45, 7) is 4.23. The van der Waals surface area contributed by atoms with Crippen LogP contribution in [-0.4, -0.2) is 35.9 Å². The Hall–Kier alpha value is -1.76. The first-order valence-corrected chi connectivity index (χ1v) is 10.8. The maximum Gasteiger partial charge on any atom is 0.261 e. The zero-order valence-electron chi connectivity index (χ0n) is 16.3. The first kappa shape index (κ1) is 23.5. The average Bonchev–Trinajstić information content (AvgIpc) is 2.70. The molecule has 0 heterocycles. The largest absolute Gasteiger partial charge is 0.484 e. The molecule has 0 aliphatic rings. The van der Waals surface area contributed by atoms with Gasteiger partial charge in [0.15, 0.2) is 6.61 Å². The van der Waals surface area contributed by atoms with Gasteiger partial charge in [0.1, 0.15) is 11.8 Å². The van der Waals surface area contributed by atoms with Gasteiger partial charge in [-0.1, -0.05) is 52.1 Å². The predicted molar refractivity (Wildman–Crippen MR) is 119 cm³/mol. The molecule has 2 aromatic carbocycles. The summed E-state index contributed by atoms with van der Waals surface area (Å²) >= 11 is 15.5. The standard InChI is InChI=1S/C21H23BrCl2N2O3/c1-3-19(21(28)25-4-2)26(12-14-5-10-17(23)18(24)11-14)20(27)13-29-16-8-6-15(22)7-9-16/h5-11,19H,3-4,12-13H2,1-2H3,(H,25,28)/t19-/m0/s1. The molecule has 0 aromatic heterocycles. The number of likely N-dealkylation sites (N-methyl/N-ethyl adjacent to an activating group) is 1. The first-order valence-electron chi connectivity index (χ1n) is 9.25. The summed E-state index contributed by atoms with van der Waals surface area (Å²) in [6.07, 6.45) is 0.469. The van der Waals surface area contributed by atoms with Gasteiger partial charge in [0.25, 0.3) is 5.91 Å². The summed E-state index contributed by atoms with van der Waals surface area (Å²) in [5.74, 6) is 0.0752. The van der Waals surface area contributed by atoms with Crippen LogP contribution < -0.4 is 10.1 Å². The van der Waals surface area contributed by atoms with Crippen molar-refractivity contribution in [2.24, 2.45) is 0 Å². The minimum atomic E-state index is -0.620. The molecule has 0 spiro atoms. The topological polar surface area (TPSA) is 58.6 Å². The number of amides is 2. The second-order valence-electron chi connectivity index (χ2n) is 6.33. The maximum absolute atomic E-state index is 13.0. The molecular formula is C21H23BrCl2N2O3. The summed E-state index contributed by atoms with van der Waals surface area (Å²) in [4.78, 5) is 27.1. The summed E-state index contributed by atoms with van der Waals surface area (Å²) < 4.78 is 6.54. The third-order valence-electron chi connectivity index (χ3n) is 4.25. The number of ether oxygens (including phenoxy) is 1. The van der Waals surface area contributed by atoms with Gasteiger partial charge in [0.2, 0.25) is 5.91 Å². The third-order valence-corrected chi connectivity index (χ3v) is 5.52. The second-order valence-corrected chi connectivity index (χ2v) is 8.06. The Morgan fingerprint density at radius 1 is 1.10 bits per heavy atom. The molecule has 0 bridgehead atoms. The molecule has 0 radical (unpaired) electrons. The van der Waals surface area contributed by atoms with Crippen LogP contribution in [0.3, 0.4) is 0 Å². The lowest BCUT2D eigenvalue weighted by atomic mass is 10.1. The van der Waals surface area contributed by atoms with Crippen LogP contribution in [0.4, 0.5) is 0 Å². The molecule has 1 atom stereocenters. The molecular weight excluding hydrogens is 479 g/mol. The number of hydrogen-bond donors (Lipinski definition) is 1. The van der Waals surface area contributed by atoms with Crippen LogP contribution in [-0.2, 0) is 16.1 Å². The SMILES string of the molecule is CCNC(=O)[C@H](CC)N(Cc1ccc(Cl)c(Cl)c1)C(=O)COc1ccc(Br)cc1. The lowest BCUT2D eigenvalue weighted by Crippen LogP contribution is -2.50. The van der Waals surface area contributed by atoms with Crippen molar-refractivity contribution in [2.45, 2.75) is 32.9 Å². The van der Waals surface area contributed by atoms with Gasteiger partial charge in [-0.25, -0.2) is 0 Å². The number of carbonyl (C=O) groups is 2. The molecule has 29 heavy (non-hydrogen) atoms. The van der Waals surface area contributed by atoms with E-state index in [4.69, 9.17) is 27.9 Å². The molecule has 0 saturated carbocycles. The molecule has 2 aromatic rings. The van der Waals surface area contributed by atoms with Gasteiger partial charge in [-0.3, -0.25) is 9.59 Å². The second kappa shape index (κ2) is 11.4. The average molecular weight is 502 g/mol. The Morgan fingerprint density at radius 2 is 1.79 bits per heavy atom. The zero-order chi connectivity index (χ0) is 21.4. The maximum atomic E-state index is 13.0. The molecule has 1 N–H and O–H groups in total. The van der Waals surface area contributed by atoms with Gasteiger partial charge >= 0.3 is 0 Å². The zero-order valence-corrected chi connectivity index (χ0v) is 19.4. The van der Waals surface area contributed by atoms with Crippen molar-refractivity contribution in [1.82, 2.24) is 10.2 Å². The van der Waals surface area contributed by atoms with E-state index >= 15 is 0 Å². The van der Waals surface area contributed by atoms with E-state index in [0.29, 0.717) is 28.8 Å². The van der Waals surface area contributed by atoms with Crippen LogP contribution in [0.25, 0.3) is 0 Å². The summed E-state index contributed by atoms with van der Waals surface area (Å²) in [5, 5.41) is 3.62. The smallest absolute Gasteiger partial charge is 0.261 e. The van der Waals surface area contributed by atoms with Gasteiger partial charge < -0.3 is 15.0 Å². The number of nitrogens with one attached hydrogen (secondary N) is 1. The van der Waals surface area contributed by atoms with E-state index in [1.807, 2.05) is 26.0 Å². The van der Waals surface area contributed by atoms with Crippen LogP contribution in [0, 0.1) is 0 Å². The molecule has 2 amide bonds. The van der Waals surface area contributed by atoms with E-state index in [9.17, 15) is 9.59 Å². The van der Waals surface area contributed by atoms with Gasteiger partial charge in [-0.2, -0.15) is 0 Å². The van der Waals surface area contributed by atoms with E-state index in [2.05, 4.69) is 21.2 Å². The molecule has 0 unspecified atom stereocenters. The highest BCUT2D eigenvalue weighted by Gasteiger charge is 2.28. The summed E-state index contributed by atoms with van der Waals surface area (Å²) in [6, 6.07) is 11.7. The van der Waals surface area contributed by atoms with Crippen LogP contribution in [0.2, 0.25) is 10.0 Å². The Labute approximate surface area is 189 Å². The van der Waals surface area contributed by atoms with Gasteiger partial charge in [0, 0.05) is 17.6 Å². The fourth-order valence-corrected chi connectivity index (χ4v) is 3.39. The van der Waals surface area contributed by atoms with Crippen molar-refractivity contribution in [3.05, 3.63) is 62.5 Å². The van der Waals surface area contributed by atoms with Gasteiger partial charge in [-0.05, 0) is 55.3 Å². The fraction of sp³-hybridized carbons (Fsp3) is 0.333. The highest BCUT2D eigenvalue weighted by Crippen LogP contribution is 2.24. The Bertz CT molecular complexity index is 846. The third kappa shape index (κ3) is 6.91. The van der Waals surface area contributed by atoms with E-state index in [1.165, 1.54) is 4.90 Å². The van der Waals surface area contributed by atoms with Crippen LogP contribution in [0.5, 0.6) is 5.75 Å². The molecule has 5 nitrogen and oxygen atoms in total. The number of rotatable bonds is 9. The van der Waals surface area contributed by atoms with Crippen molar-refractivity contribution < 1.29 is 14.3 Å². The Balaban J connectivity index is 2.21. The van der Waals surface area contributed by atoms with Crippen molar-refractivity contribution in [1.29, 1.82) is 0 Å². The van der Waals surface area contributed by atoms with Crippen molar-refractivity contribution in [3.63, 3.8) is 0 Å². The molecule has 2 rings (SSSR count). The predicted octanol–water partition coefficient (Wildman–Crippen LogP) is 5.08. The first-order chi connectivity index (χ1) is 13.8. The van der Waals surface area contributed by atoms with Crippen molar-refractivity contribution in [2.75, 3.05) is 13.2 Å². The van der Waals surface area contributed by atoms with Crippen molar-refractivity contribution >= 4 is 50.9 Å². The molecule has 0 aliphatic heterocycles. The number of nitrogens with zero attached hydrogens (tertiary/aromatic N) is 1. The van der Waals surface area contributed by atoms with Crippen LogP contribution in [0.15, 0.2) is 46.9 Å². The van der Waals surface area contributed by atoms with E-state index in [1.54, 1.807) is 30.3 Å². The highest BCUT2D eigenvalue weighted by atomic mass is 79.9. The minimum Gasteiger partial charge on any atom is -0.484 e. The fourth-order valence-electron chi connectivity index (χ4n) is 2.81. The molecule has 8 heteroatoms. The normalized spacial score (nSPS) is 11.6. The minimum absolute atomic E-state index is 0.182. The quantitative estimate of drug-likeness (QED) is 0.521. The molecule has 0 aliphatic carbocycles. The van der Waals surface area contributed by atoms with Gasteiger partial charge in [-0.15, -0.1) is 0 Å². The Kier molecular flexibility index (Phi) is 9.27. The Morgan fingerprint density at radius 3 is 2.38 bits per heavy atom. The number of benzene rings is 2. The molecule has 0 fully saturated rings. The molecule has 156 valence electrons. The van der Waals surface area contributed by atoms with E-state index in [0.717, 1.165) is 10.0 Å². The summed E-state index contributed by atoms with van der Waals surface area (Å²) in [5.41, 5.74) is 0.777. The lowest BCUT2D eigenvalue weighted by Gasteiger charge is -2.30. The van der Waals surface area contributed by atoms with E-state index in [-0.39, 0.29) is 25.0 Å². The number of carbonyl (C=O) groups excluding carboxylic acids is 2. The van der Waals surface area contributed by atoms with Crippen LogP contribution >= 0.6 is 39.1 Å². The van der Waals surface area contributed by atoms with Crippen molar-refractivity contribution in [3.8, 4) is 5.75 Å². The van der Waals surface area contributed by atoms with Gasteiger partial charge in [0.05, 0.1) is 10.0 Å². The number of halogens is 3. The summed E-state index contributed by atoms with van der Waals surface area (Å²) in [7, 11) is 0. The highest BCUT2D eigenvalue weighted by molar-refractivity contribution is 9.10.